The van der Waals surface area contributed by atoms with Gasteiger partial charge >= 0.3 is 5.91 Å². The van der Waals surface area contributed by atoms with Gasteiger partial charge in [-0.15, -0.1) is 0 Å². The predicted octanol–water partition coefficient (Wildman–Crippen LogP) is 5.64. The topological polar surface area (TPSA) is 46.2 Å². The molecule has 7 atom stereocenters. The van der Waals surface area contributed by atoms with E-state index >= 15 is 0 Å². The van der Waals surface area contributed by atoms with Crippen molar-refractivity contribution in [3.8, 4) is 0 Å². The first-order valence-electron chi connectivity index (χ1n) is 12.3. The summed E-state index contributed by atoms with van der Waals surface area (Å²) in [5.41, 5.74) is 0.349. The monoisotopic (exact) mass is 439 g/mol. The summed E-state index contributed by atoms with van der Waals surface area (Å²) in [6.07, 6.45) is 11.0. The Hall–Kier alpha value is -1.42. The molecule has 0 saturated heterocycles. The highest BCUT2D eigenvalue weighted by molar-refractivity contribution is 5.91. The largest absolute Gasteiger partial charge is 0.326 e. The van der Waals surface area contributed by atoms with Crippen LogP contribution in [0.25, 0.3) is 0 Å². The Labute approximate surface area is 195 Å². The van der Waals surface area contributed by atoms with Gasteiger partial charge in [0.25, 0.3) is 0 Å². The maximum atomic E-state index is 14.0. The van der Waals surface area contributed by atoms with Gasteiger partial charge in [0.1, 0.15) is 0 Å². The third kappa shape index (κ3) is 2.43. The predicted molar refractivity (Wildman–Crippen MR) is 128 cm³/mol. The summed E-state index contributed by atoms with van der Waals surface area (Å²) in [6.45, 7) is 18.2. The SMILES string of the molecule is [CH][N+](C)(C(=O)C1CCC2(C)C1(C)CCC1(C)C3(C)C=CC(=O)NC3=CCC12C)C(C)(C)C. The van der Waals surface area contributed by atoms with Crippen molar-refractivity contribution in [1.82, 2.24) is 5.32 Å². The van der Waals surface area contributed by atoms with E-state index in [0.717, 1.165) is 37.8 Å². The van der Waals surface area contributed by atoms with E-state index in [1.165, 1.54) is 0 Å². The van der Waals surface area contributed by atoms with Gasteiger partial charge in [0.15, 0.2) is 0 Å². The Balaban J connectivity index is 1.81. The highest BCUT2D eigenvalue weighted by atomic mass is 16.2. The summed E-state index contributed by atoms with van der Waals surface area (Å²) < 4.78 is -0.0755. The summed E-state index contributed by atoms with van der Waals surface area (Å²) >= 11 is 0. The molecule has 1 N–H and O–H groups in total. The molecule has 7 unspecified atom stereocenters. The van der Waals surface area contributed by atoms with E-state index in [9.17, 15) is 9.59 Å². The number of quaternary nitrogens is 1. The number of hydrogen-bond acceptors (Lipinski definition) is 2. The van der Waals surface area contributed by atoms with Gasteiger partial charge in [0.2, 0.25) is 13.0 Å². The number of amides is 2. The number of hydrogen-bond donors (Lipinski definition) is 1. The van der Waals surface area contributed by atoms with Crippen molar-refractivity contribution in [3.05, 3.63) is 31.0 Å². The third-order valence-electron chi connectivity index (χ3n) is 11.9. The minimum atomic E-state index is -0.347. The summed E-state index contributed by atoms with van der Waals surface area (Å²) in [7, 11) is 8.56. The van der Waals surface area contributed by atoms with Crippen LogP contribution in [0.2, 0.25) is 0 Å². The number of carbonyl (C=O) groups excluding carboxylic acids is 2. The normalized spacial score (nSPS) is 46.0. The van der Waals surface area contributed by atoms with Crippen molar-refractivity contribution < 1.29 is 14.1 Å². The molecular formula is C28H43N2O2+. The minimum absolute atomic E-state index is 0.00752. The average Bonchev–Trinajstić information content (AvgIpc) is 2.96. The molecule has 4 heteroatoms. The maximum absolute atomic E-state index is 14.0. The Morgan fingerprint density at radius 3 is 2.28 bits per heavy atom. The van der Waals surface area contributed by atoms with E-state index in [2.05, 4.69) is 72.9 Å². The fourth-order valence-corrected chi connectivity index (χ4v) is 8.19. The van der Waals surface area contributed by atoms with Gasteiger partial charge < -0.3 is 5.32 Å². The molecular weight excluding hydrogens is 396 g/mol. The number of fused-ring (bicyclic) bond motifs is 5. The zero-order chi connectivity index (χ0) is 24.2. The Bertz CT molecular complexity index is 940. The zero-order valence-corrected chi connectivity index (χ0v) is 21.7. The van der Waals surface area contributed by atoms with Crippen LogP contribution >= 0.6 is 0 Å². The molecule has 4 nitrogen and oxygen atoms in total. The highest BCUT2D eigenvalue weighted by Crippen LogP contribution is 2.80. The van der Waals surface area contributed by atoms with E-state index in [1.54, 1.807) is 6.08 Å². The van der Waals surface area contributed by atoms with Crippen LogP contribution in [0.5, 0.6) is 0 Å². The lowest BCUT2D eigenvalue weighted by atomic mass is 9.32. The first-order valence-corrected chi connectivity index (χ1v) is 12.3. The van der Waals surface area contributed by atoms with Crippen molar-refractivity contribution in [2.24, 2.45) is 33.0 Å². The Morgan fingerprint density at radius 2 is 1.69 bits per heavy atom. The average molecular weight is 440 g/mol. The van der Waals surface area contributed by atoms with Crippen molar-refractivity contribution in [1.29, 1.82) is 0 Å². The van der Waals surface area contributed by atoms with Gasteiger partial charge in [0.05, 0.1) is 18.5 Å². The minimum Gasteiger partial charge on any atom is -0.326 e. The van der Waals surface area contributed by atoms with Crippen LogP contribution in [0.1, 0.15) is 87.5 Å². The molecule has 2 fully saturated rings. The molecule has 0 spiro atoms. The second kappa shape index (κ2) is 6.37. The lowest BCUT2D eigenvalue weighted by Crippen LogP contribution is -2.68. The molecule has 0 aromatic heterocycles. The quantitative estimate of drug-likeness (QED) is 0.538. The summed E-state index contributed by atoms with van der Waals surface area (Å²) in [5, 5.41) is 3.14. The smallest absolute Gasteiger partial charge is 0.318 e. The fourth-order valence-electron chi connectivity index (χ4n) is 8.19. The first-order chi connectivity index (χ1) is 14.4. The molecule has 2 amide bonds. The van der Waals surface area contributed by atoms with Crippen LogP contribution in [0.4, 0.5) is 0 Å². The highest BCUT2D eigenvalue weighted by Gasteiger charge is 2.75. The van der Waals surface area contributed by atoms with Crippen LogP contribution < -0.4 is 5.32 Å². The molecule has 0 aromatic rings. The van der Waals surface area contributed by atoms with Crippen molar-refractivity contribution >= 4 is 11.8 Å². The molecule has 0 bridgehead atoms. The number of rotatable bonds is 1. The van der Waals surface area contributed by atoms with Crippen LogP contribution in [-0.4, -0.2) is 28.9 Å². The van der Waals surface area contributed by atoms with E-state index in [0.29, 0.717) is 0 Å². The first kappa shape index (κ1) is 23.7. The molecule has 1 aliphatic heterocycles. The molecule has 4 rings (SSSR count). The van der Waals surface area contributed by atoms with E-state index in [1.807, 2.05) is 7.05 Å². The van der Waals surface area contributed by atoms with Gasteiger partial charge in [-0.3, -0.25) is 4.79 Å². The van der Waals surface area contributed by atoms with E-state index in [4.69, 9.17) is 7.05 Å². The van der Waals surface area contributed by atoms with Crippen LogP contribution in [0.3, 0.4) is 0 Å². The van der Waals surface area contributed by atoms with Gasteiger partial charge in [-0.2, -0.15) is 0 Å². The standard InChI is InChI=1S/C28H43N2O2/c1-23(2,3)30(9,10)22(32)19-11-15-26(6)24(19,4)17-18-27(7)25(5)14-13-21(31)29-20(25)12-16-28(26,27)8/h9,12-14,19H,11,15-18H2,1-8,10H3,(H,29,31)/q+1. The van der Waals surface area contributed by atoms with Crippen LogP contribution in [0, 0.1) is 40.0 Å². The summed E-state index contributed by atoms with van der Waals surface area (Å²) in [5.74, 6) is 0.114. The van der Waals surface area contributed by atoms with Crippen molar-refractivity contribution in [2.45, 2.75) is 93.0 Å². The Kier molecular flexibility index (Phi) is 4.72. The summed E-state index contributed by atoms with van der Waals surface area (Å²) in [4.78, 5) is 26.1. The van der Waals surface area contributed by atoms with Crippen LogP contribution in [0.15, 0.2) is 23.9 Å². The molecule has 0 aromatic carbocycles. The van der Waals surface area contributed by atoms with Crippen molar-refractivity contribution in [2.75, 3.05) is 7.05 Å². The number of carbonyl (C=O) groups is 2. The molecule has 4 aliphatic rings. The number of nitrogens with zero attached hydrogens (tertiary/aromatic N) is 1. The van der Waals surface area contributed by atoms with E-state index in [-0.39, 0.29) is 54.8 Å². The number of allylic oxidation sites excluding steroid dienone is 2. The van der Waals surface area contributed by atoms with E-state index < -0.39 is 0 Å². The van der Waals surface area contributed by atoms with Crippen LogP contribution in [-0.2, 0) is 9.59 Å². The zero-order valence-electron chi connectivity index (χ0n) is 21.7. The van der Waals surface area contributed by atoms with Gasteiger partial charge in [-0.05, 0) is 74.5 Å². The lowest BCUT2D eigenvalue weighted by molar-refractivity contribution is -0.841. The molecule has 1 heterocycles. The molecule has 176 valence electrons. The molecule has 32 heavy (non-hydrogen) atoms. The van der Waals surface area contributed by atoms with Gasteiger partial charge in [0, 0.05) is 17.2 Å². The second-order valence-electron chi connectivity index (χ2n) is 13.4. The third-order valence-corrected chi connectivity index (χ3v) is 11.9. The summed E-state index contributed by atoms with van der Waals surface area (Å²) in [6, 6.07) is 0. The number of nitrogens with one attached hydrogen (secondary N) is 1. The molecule has 3 aliphatic carbocycles. The maximum Gasteiger partial charge on any atom is 0.318 e. The second-order valence-corrected chi connectivity index (χ2v) is 13.4. The molecule has 2 saturated carbocycles. The Morgan fingerprint density at radius 1 is 1.06 bits per heavy atom. The van der Waals surface area contributed by atoms with Crippen molar-refractivity contribution in [3.63, 3.8) is 0 Å². The van der Waals surface area contributed by atoms with Gasteiger partial charge in [-0.25, -0.2) is 9.28 Å². The molecule has 2 radical (unpaired) electrons. The lowest BCUT2D eigenvalue weighted by Gasteiger charge is -2.71. The van der Waals surface area contributed by atoms with Gasteiger partial charge in [-0.1, -0.05) is 46.8 Å². The fraction of sp³-hybridized carbons (Fsp3) is 0.750.